The summed E-state index contributed by atoms with van der Waals surface area (Å²) >= 11 is 2.88. The molecule has 0 spiro atoms. The maximum absolute atomic E-state index is 12.1. The summed E-state index contributed by atoms with van der Waals surface area (Å²) in [5, 5.41) is 21.1. The monoisotopic (exact) mass is 317 g/mol. The van der Waals surface area contributed by atoms with Gasteiger partial charge in [0.1, 0.15) is 6.07 Å². The minimum absolute atomic E-state index is 0.221. The van der Waals surface area contributed by atoms with Gasteiger partial charge >= 0.3 is 0 Å². The summed E-state index contributed by atoms with van der Waals surface area (Å²) in [4.78, 5) is 12.1. The average Bonchev–Trinajstić information content (AvgIpc) is 2.96. The number of ketones is 1. The maximum atomic E-state index is 12.1. The third-order valence-electron chi connectivity index (χ3n) is 2.29. The molecular weight excluding hydrogens is 306 g/mol. The molecule has 0 aliphatic heterocycles. The van der Waals surface area contributed by atoms with Crippen molar-refractivity contribution in [1.82, 2.24) is 10.2 Å². The first kappa shape index (κ1) is 15.2. The number of nitrogens with zero attached hydrogens (tertiary/aromatic N) is 4. The predicted octanol–water partition coefficient (Wildman–Crippen LogP) is 2.82. The number of carbonyl (C=O) groups is 1. The fourth-order valence-electron chi connectivity index (χ4n) is 1.39. The summed E-state index contributed by atoms with van der Waals surface area (Å²) in [6.07, 6.45) is 0. The zero-order valence-corrected chi connectivity index (χ0v) is 12.7. The van der Waals surface area contributed by atoms with Crippen LogP contribution in [0.25, 0.3) is 0 Å². The second-order valence-electron chi connectivity index (χ2n) is 3.69. The molecule has 0 saturated carbocycles. The Bertz CT molecular complexity index is 690. The van der Waals surface area contributed by atoms with Crippen molar-refractivity contribution in [2.24, 2.45) is 5.10 Å². The highest BCUT2D eigenvalue weighted by Gasteiger charge is 2.13. The van der Waals surface area contributed by atoms with E-state index in [1.54, 1.807) is 48.2 Å². The summed E-state index contributed by atoms with van der Waals surface area (Å²) < 4.78 is 0.808. The first-order chi connectivity index (χ1) is 10.2. The summed E-state index contributed by atoms with van der Waals surface area (Å²) in [7, 11) is 0. The zero-order valence-electron chi connectivity index (χ0n) is 11.1. The van der Waals surface area contributed by atoms with Crippen molar-refractivity contribution < 1.29 is 4.79 Å². The van der Waals surface area contributed by atoms with Crippen molar-refractivity contribution >= 4 is 39.7 Å². The molecule has 1 heterocycles. The Kier molecular flexibility index (Phi) is 5.43. The lowest BCUT2D eigenvalue weighted by Crippen LogP contribution is -2.14. The molecule has 0 amide bonds. The van der Waals surface area contributed by atoms with Gasteiger partial charge in [-0.15, -0.1) is 10.2 Å². The summed E-state index contributed by atoms with van der Waals surface area (Å²) in [5.41, 5.74) is 2.80. The topological polar surface area (TPSA) is 91.0 Å². The minimum atomic E-state index is -0.432. The van der Waals surface area contributed by atoms with Gasteiger partial charge < -0.3 is 0 Å². The van der Waals surface area contributed by atoms with E-state index in [4.69, 9.17) is 5.26 Å². The van der Waals surface area contributed by atoms with E-state index in [0.29, 0.717) is 10.7 Å². The van der Waals surface area contributed by atoms with Gasteiger partial charge in [-0.1, -0.05) is 60.4 Å². The lowest BCUT2D eigenvalue weighted by molar-refractivity contribution is 0.106. The van der Waals surface area contributed by atoms with Crippen LogP contribution in [-0.4, -0.2) is 27.4 Å². The average molecular weight is 317 g/mol. The number of aromatic nitrogens is 2. The summed E-state index contributed by atoms with van der Waals surface area (Å²) in [5.74, 6) is 0.465. The standard InChI is InChI=1S/C13H11N5OS2/c1-2-20-13-18-17-12(21-13)16-15-10(8-14)11(19)9-6-4-3-5-7-9/h3-7H,2H2,1H3,(H,16,17)/b15-10+. The number of hydrazone groups is 1. The molecule has 1 aromatic carbocycles. The number of thioether (sulfide) groups is 1. The number of hydrogen-bond donors (Lipinski definition) is 1. The van der Waals surface area contributed by atoms with Crippen LogP contribution in [-0.2, 0) is 0 Å². The third kappa shape index (κ3) is 4.11. The number of benzene rings is 1. The molecule has 106 valence electrons. The van der Waals surface area contributed by atoms with Crippen LogP contribution in [0.5, 0.6) is 0 Å². The van der Waals surface area contributed by atoms with Gasteiger partial charge in [0.05, 0.1) is 0 Å². The number of hydrogen-bond acceptors (Lipinski definition) is 8. The van der Waals surface area contributed by atoms with Gasteiger partial charge in [0.25, 0.3) is 0 Å². The van der Waals surface area contributed by atoms with E-state index in [-0.39, 0.29) is 5.71 Å². The van der Waals surface area contributed by atoms with Gasteiger partial charge in [-0.25, -0.2) is 5.43 Å². The van der Waals surface area contributed by atoms with E-state index in [2.05, 4.69) is 20.7 Å². The molecule has 0 radical (unpaired) electrons. The number of anilines is 1. The first-order valence-corrected chi connectivity index (χ1v) is 7.84. The molecule has 0 aliphatic carbocycles. The molecule has 0 aliphatic rings. The van der Waals surface area contributed by atoms with Gasteiger partial charge in [0, 0.05) is 5.56 Å². The highest BCUT2D eigenvalue weighted by molar-refractivity contribution is 8.01. The van der Waals surface area contributed by atoms with E-state index in [0.717, 1.165) is 10.1 Å². The Morgan fingerprint density at radius 1 is 1.43 bits per heavy atom. The molecule has 2 rings (SSSR count). The Balaban J connectivity index is 2.10. The van der Waals surface area contributed by atoms with E-state index in [9.17, 15) is 4.79 Å². The van der Waals surface area contributed by atoms with Crippen molar-refractivity contribution in [3.05, 3.63) is 35.9 Å². The number of carbonyl (C=O) groups excluding carboxylic acids is 1. The Hall–Kier alpha value is -2.24. The van der Waals surface area contributed by atoms with Crippen LogP contribution in [0.4, 0.5) is 5.13 Å². The van der Waals surface area contributed by atoms with Gasteiger partial charge in [0.15, 0.2) is 4.34 Å². The van der Waals surface area contributed by atoms with Crippen molar-refractivity contribution in [2.75, 3.05) is 11.2 Å². The van der Waals surface area contributed by atoms with Gasteiger partial charge in [-0.05, 0) is 5.75 Å². The fraction of sp³-hybridized carbons (Fsp3) is 0.154. The Morgan fingerprint density at radius 3 is 2.86 bits per heavy atom. The molecule has 0 atom stereocenters. The fourth-order valence-corrected chi connectivity index (χ4v) is 2.98. The molecule has 21 heavy (non-hydrogen) atoms. The quantitative estimate of drug-likeness (QED) is 0.381. The number of rotatable bonds is 6. The highest BCUT2D eigenvalue weighted by Crippen LogP contribution is 2.24. The molecule has 2 aromatic rings. The van der Waals surface area contributed by atoms with Crippen LogP contribution >= 0.6 is 23.1 Å². The molecular formula is C13H11N5OS2. The molecule has 8 heteroatoms. The Morgan fingerprint density at radius 2 is 2.19 bits per heavy atom. The van der Waals surface area contributed by atoms with E-state index in [1.165, 1.54) is 11.3 Å². The van der Waals surface area contributed by atoms with Crippen LogP contribution in [0.2, 0.25) is 0 Å². The lowest BCUT2D eigenvalue weighted by atomic mass is 10.1. The van der Waals surface area contributed by atoms with Crippen LogP contribution in [0.15, 0.2) is 39.8 Å². The molecule has 0 unspecified atom stereocenters. The predicted molar refractivity (Wildman–Crippen MR) is 83.8 cm³/mol. The number of nitriles is 1. The molecule has 0 bridgehead atoms. The normalized spacial score (nSPS) is 11.0. The van der Waals surface area contributed by atoms with Gasteiger partial charge in [-0.2, -0.15) is 10.4 Å². The second kappa shape index (κ2) is 7.52. The molecule has 0 saturated heterocycles. The van der Waals surface area contributed by atoms with Crippen LogP contribution < -0.4 is 5.43 Å². The SMILES string of the molecule is CCSc1nnc(N/N=C(\C#N)C(=O)c2ccccc2)s1. The molecule has 6 nitrogen and oxygen atoms in total. The number of nitrogens with one attached hydrogen (secondary N) is 1. The summed E-state index contributed by atoms with van der Waals surface area (Å²) in [6.45, 7) is 2.02. The van der Waals surface area contributed by atoms with E-state index >= 15 is 0 Å². The van der Waals surface area contributed by atoms with Crippen molar-refractivity contribution in [3.8, 4) is 6.07 Å². The minimum Gasteiger partial charge on any atom is -0.286 e. The van der Waals surface area contributed by atoms with E-state index in [1.807, 2.05) is 6.92 Å². The molecule has 1 N–H and O–H groups in total. The zero-order chi connectivity index (χ0) is 15.1. The lowest BCUT2D eigenvalue weighted by Gasteiger charge is -1.98. The highest BCUT2D eigenvalue weighted by atomic mass is 32.2. The Labute approximate surface area is 129 Å². The maximum Gasteiger partial charge on any atom is 0.226 e. The molecule has 0 fully saturated rings. The van der Waals surface area contributed by atoms with Gasteiger partial charge in [0.2, 0.25) is 16.6 Å². The largest absolute Gasteiger partial charge is 0.286 e. The summed E-state index contributed by atoms with van der Waals surface area (Å²) in [6, 6.07) is 10.3. The smallest absolute Gasteiger partial charge is 0.226 e. The number of Topliss-reactive ketones (excluding diaryl/α,β-unsaturated/α-hetero) is 1. The van der Waals surface area contributed by atoms with Crippen LogP contribution in [0.1, 0.15) is 17.3 Å². The van der Waals surface area contributed by atoms with Crippen molar-refractivity contribution in [3.63, 3.8) is 0 Å². The van der Waals surface area contributed by atoms with Gasteiger partial charge in [-0.3, -0.25) is 4.79 Å². The van der Waals surface area contributed by atoms with Crippen molar-refractivity contribution in [2.45, 2.75) is 11.3 Å². The van der Waals surface area contributed by atoms with Crippen molar-refractivity contribution in [1.29, 1.82) is 5.26 Å². The second-order valence-corrected chi connectivity index (χ2v) is 6.17. The first-order valence-electron chi connectivity index (χ1n) is 6.04. The third-order valence-corrected chi connectivity index (χ3v) is 4.14. The van der Waals surface area contributed by atoms with Crippen LogP contribution in [0, 0.1) is 11.3 Å². The molecule has 1 aromatic heterocycles. The van der Waals surface area contributed by atoms with E-state index < -0.39 is 5.78 Å². The van der Waals surface area contributed by atoms with Crippen LogP contribution in [0.3, 0.4) is 0 Å².